The van der Waals surface area contributed by atoms with E-state index < -0.39 is 0 Å². The second-order valence-corrected chi connectivity index (χ2v) is 7.31. The smallest absolute Gasteiger partial charge is 0.133 e. The van der Waals surface area contributed by atoms with Crippen LogP contribution in [0.2, 0.25) is 0 Å². The molecule has 0 saturated carbocycles. The van der Waals surface area contributed by atoms with Crippen LogP contribution in [0.25, 0.3) is 16.9 Å². The van der Waals surface area contributed by atoms with Crippen molar-refractivity contribution >= 4 is 5.82 Å². The number of aromatic nitrogens is 2. The lowest BCUT2D eigenvalue weighted by Gasteiger charge is -2.10. The van der Waals surface area contributed by atoms with Crippen LogP contribution < -0.4 is 14.8 Å². The average Bonchev–Trinajstić information content (AvgIpc) is 2.90. The van der Waals surface area contributed by atoms with Crippen LogP contribution in [-0.2, 0) is 6.42 Å². The van der Waals surface area contributed by atoms with Crippen LogP contribution in [0, 0.1) is 13.8 Å². The van der Waals surface area contributed by atoms with Gasteiger partial charge in [-0.05, 0) is 68.5 Å². The minimum atomic E-state index is 0.774. The molecule has 0 atom stereocenters. The number of rotatable bonds is 4. The van der Waals surface area contributed by atoms with Crippen molar-refractivity contribution in [3.63, 3.8) is 0 Å². The van der Waals surface area contributed by atoms with E-state index in [1.165, 1.54) is 16.7 Å². The van der Waals surface area contributed by atoms with Crippen LogP contribution >= 0.6 is 0 Å². The Morgan fingerprint density at radius 3 is 2.57 bits per heavy atom. The zero-order valence-electron chi connectivity index (χ0n) is 17.0. The van der Waals surface area contributed by atoms with Gasteiger partial charge < -0.3 is 14.8 Å². The van der Waals surface area contributed by atoms with Gasteiger partial charge in [0, 0.05) is 23.7 Å². The summed E-state index contributed by atoms with van der Waals surface area (Å²) >= 11 is 0. The van der Waals surface area contributed by atoms with Crippen LogP contribution in [-0.4, -0.2) is 30.5 Å². The molecular formula is C23H27N3O2. The number of hydrogen-bond donors (Lipinski definition) is 1. The van der Waals surface area contributed by atoms with E-state index >= 15 is 0 Å². The predicted octanol–water partition coefficient (Wildman–Crippen LogP) is 4.92. The summed E-state index contributed by atoms with van der Waals surface area (Å²) in [6, 6.07) is 12.4. The van der Waals surface area contributed by atoms with Gasteiger partial charge in [-0.1, -0.05) is 6.07 Å². The topological polar surface area (TPSA) is 48.3 Å². The largest absolute Gasteiger partial charge is 0.497 e. The lowest BCUT2D eigenvalue weighted by Crippen LogP contribution is -2.07. The number of ether oxygens (including phenoxy) is 2. The van der Waals surface area contributed by atoms with Gasteiger partial charge in [0.05, 0.1) is 19.9 Å². The lowest BCUT2D eigenvalue weighted by atomic mass is 10.0. The maximum atomic E-state index is 5.66. The van der Waals surface area contributed by atoms with Gasteiger partial charge in [-0.15, -0.1) is 0 Å². The number of aryl methyl sites for hydroxylation is 2. The van der Waals surface area contributed by atoms with E-state index in [1.807, 2.05) is 22.9 Å². The Bertz CT molecular complexity index is 1010. The van der Waals surface area contributed by atoms with Crippen LogP contribution in [0.1, 0.15) is 29.5 Å². The number of nitrogens with zero attached hydrogens (tertiary/aromatic N) is 2. The van der Waals surface area contributed by atoms with Crippen molar-refractivity contribution in [2.75, 3.05) is 26.1 Å². The third-order valence-corrected chi connectivity index (χ3v) is 5.53. The van der Waals surface area contributed by atoms with Gasteiger partial charge in [0.1, 0.15) is 23.0 Å². The van der Waals surface area contributed by atoms with Crippen LogP contribution in [0.3, 0.4) is 0 Å². The number of hydrogen-bond acceptors (Lipinski definition) is 4. The number of anilines is 1. The summed E-state index contributed by atoms with van der Waals surface area (Å²) in [5.41, 5.74) is 6.84. The van der Waals surface area contributed by atoms with E-state index in [1.54, 1.807) is 14.2 Å². The Labute approximate surface area is 166 Å². The van der Waals surface area contributed by atoms with Gasteiger partial charge in [-0.25, -0.2) is 4.68 Å². The monoisotopic (exact) mass is 377 g/mol. The molecule has 5 heteroatoms. The van der Waals surface area contributed by atoms with E-state index in [9.17, 15) is 0 Å². The molecule has 0 fully saturated rings. The lowest BCUT2D eigenvalue weighted by molar-refractivity contribution is 0.395. The van der Waals surface area contributed by atoms with Crippen molar-refractivity contribution in [1.29, 1.82) is 0 Å². The molecule has 0 aliphatic carbocycles. The SMILES string of the molecule is COc1ccc(-c2nn(-c3ccc(C)c(C)c3)c3c2CCCCN3)c(OC)c1. The molecule has 0 bridgehead atoms. The van der Waals surface area contributed by atoms with Crippen molar-refractivity contribution in [2.45, 2.75) is 33.1 Å². The van der Waals surface area contributed by atoms with Crippen molar-refractivity contribution in [1.82, 2.24) is 9.78 Å². The second-order valence-electron chi connectivity index (χ2n) is 7.31. The van der Waals surface area contributed by atoms with Crippen molar-refractivity contribution in [2.24, 2.45) is 0 Å². The summed E-state index contributed by atoms with van der Waals surface area (Å²) < 4.78 is 13.1. The molecule has 2 heterocycles. The first-order valence-electron chi connectivity index (χ1n) is 9.78. The number of fused-ring (bicyclic) bond motifs is 1. The predicted molar refractivity (Wildman–Crippen MR) is 113 cm³/mol. The maximum absolute atomic E-state index is 5.66. The van der Waals surface area contributed by atoms with E-state index in [0.29, 0.717) is 0 Å². The minimum absolute atomic E-state index is 0.774. The molecule has 5 nitrogen and oxygen atoms in total. The van der Waals surface area contributed by atoms with Crippen LogP contribution in [0.5, 0.6) is 11.5 Å². The highest BCUT2D eigenvalue weighted by Crippen LogP contribution is 2.39. The van der Waals surface area contributed by atoms with Gasteiger partial charge in [0.2, 0.25) is 0 Å². The first kappa shape index (κ1) is 18.4. The van der Waals surface area contributed by atoms with Crippen LogP contribution in [0.4, 0.5) is 5.82 Å². The fourth-order valence-corrected chi connectivity index (χ4v) is 3.76. The van der Waals surface area contributed by atoms with E-state index in [-0.39, 0.29) is 0 Å². The normalized spacial score (nSPS) is 13.4. The molecule has 0 spiro atoms. The Kier molecular flexibility index (Phi) is 4.99. The van der Waals surface area contributed by atoms with Gasteiger partial charge >= 0.3 is 0 Å². The average molecular weight is 377 g/mol. The van der Waals surface area contributed by atoms with E-state index in [4.69, 9.17) is 14.6 Å². The van der Waals surface area contributed by atoms with E-state index in [2.05, 4.69) is 37.4 Å². The molecule has 1 aliphatic rings. The van der Waals surface area contributed by atoms with Gasteiger partial charge in [0.25, 0.3) is 0 Å². The molecular weight excluding hydrogens is 350 g/mol. The molecule has 146 valence electrons. The summed E-state index contributed by atoms with van der Waals surface area (Å²) in [5, 5.41) is 8.65. The zero-order chi connectivity index (χ0) is 19.7. The molecule has 1 N–H and O–H groups in total. The molecule has 4 rings (SSSR count). The van der Waals surface area contributed by atoms with E-state index in [0.717, 1.165) is 60.1 Å². The zero-order valence-corrected chi connectivity index (χ0v) is 17.0. The van der Waals surface area contributed by atoms with Gasteiger partial charge in [0.15, 0.2) is 0 Å². The fraction of sp³-hybridized carbons (Fsp3) is 0.348. The third kappa shape index (κ3) is 3.21. The number of benzene rings is 2. The summed E-state index contributed by atoms with van der Waals surface area (Å²) in [6.07, 6.45) is 3.29. The second kappa shape index (κ2) is 7.58. The van der Waals surface area contributed by atoms with Crippen molar-refractivity contribution in [3.05, 3.63) is 53.1 Å². The first-order chi connectivity index (χ1) is 13.6. The van der Waals surface area contributed by atoms with Crippen LogP contribution in [0.15, 0.2) is 36.4 Å². The maximum Gasteiger partial charge on any atom is 0.133 e. The number of methoxy groups -OCH3 is 2. The highest BCUT2D eigenvalue weighted by Gasteiger charge is 2.24. The fourth-order valence-electron chi connectivity index (χ4n) is 3.76. The highest BCUT2D eigenvalue weighted by molar-refractivity contribution is 5.76. The molecule has 1 aliphatic heterocycles. The third-order valence-electron chi connectivity index (χ3n) is 5.53. The first-order valence-corrected chi connectivity index (χ1v) is 9.78. The summed E-state index contributed by atoms with van der Waals surface area (Å²) in [5.74, 6) is 2.64. The molecule has 0 unspecified atom stereocenters. The van der Waals surface area contributed by atoms with Gasteiger partial charge in [-0.2, -0.15) is 5.10 Å². The summed E-state index contributed by atoms with van der Waals surface area (Å²) in [7, 11) is 3.36. The van der Waals surface area contributed by atoms with Crippen molar-refractivity contribution in [3.8, 4) is 28.4 Å². The molecule has 2 aromatic carbocycles. The standard InChI is InChI=1S/C23H27N3O2/c1-15-8-9-17(13-16(15)2)26-23-20(7-5-6-12-24-23)22(25-26)19-11-10-18(27-3)14-21(19)28-4/h8-11,13-14,24H,5-7,12H2,1-4H3. The summed E-state index contributed by atoms with van der Waals surface area (Å²) in [4.78, 5) is 0. The molecule has 0 amide bonds. The minimum Gasteiger partial charge on any atom is -0.497 e. The molecule has 3 aromatic rings. The Morgan fingerprint density at radius 2 is 1.82 bits per heavy atom. The molecule has 0 saturated heterocycles. The molecule has 28 heavy (non-hydrogen) atoms. The molecule has 1 aromatic heterocycles. The van der Waals surface area contributed by atoms with Crippen molar-refractivity contribution < 1.29 is 9.47 Å². The molecule has 0 radical (unpaired) electrons. The Hall–Kier alpha value is -2.95. The quantitative estimate of drug-likeness (QED) is 0.701. The van der Waals surface area contributed by atoms with Gasteiger partial charge in [-0.3, -0.25) is 0 Å². The Balaban J connectivity index is 1.91. The summed E-state index contributed by atoms with van der Waals surface area (Å²) in [6.45, 7) is 5.24. The number of nitrogens with one attached hydrogen (secondary N) is 1. The highest BCUT2D eigenvalue weighted by atomic mass is 16.5. The Morgan fingerprint density at radius 1 is 0.964 bits per heavy atom.